The molecular weight excluding hydrogens is 292 g/mol. The number of unbranched alkanes of at least 4 members (excludes halogenated alkanes) is 3. The summed E-state index contributed by atoms with van der Waals surface area (Å²) < 4.78 is 5.20. The van der Waals surface area contributed by atoms with Crippen molar-refractivity contribution in [2.75, 3.05) is 6.61 Å². The minimum Gasteiger partial charge on any atom is -0.462 e. The predicted octanol–water partition coefficient (Wildman–Crippen LogP) is 5.38. The molecule has 22 heavy (non-hydrogen) atoms. The largest absolute Gasteiger partial charge is 0.462 e. The summed E-state index contributed by atoms with van der Waals surface area (Å²) in [5.41, 5.74) is 3.98. The van der Waals surface area contributed by atoms with E-state index in [1.54, 1.807) is 0 Å². The molecule has 0 radical (unpaired) electrons. The fourth-order valence-electron chi connectivity index (χ4n) is 2.76. The van der Waals surface area contributed by atoms with Crippen LogP contribution in [0, 0.1) is 0 Å². The van der Waals surface area contributed by atoms with Gasteiger partial charge in [-0.15, -0.1) is 12.6 Å². The molecule has 0 atom stereocenters. The molecule has 3 heteroatoms. The van der Waals surface area contributed by atoms with E-state index in [1.165, 1.54) is 24.8 Å². The smallest absolute Gasteiger partial charge is 0.338 e. The maximum Gasteiger partial charge on any atom is 0.338 e. The topological polar surface area (TPSA) is 26.3 Å². The van der Waals surface area contributed by atoms with Crippen LogP contribution in [0.5, 0.6) is 0 Å². The molecule has 0 unspecified atom stereocenters. The highest BCUT2D eigenvalue weighted by atomic mass is 32.1. The lowest BCUT2D eigenvalue weighted by atomic mass is 10.0. The summed E-state index contributed by atoms with van der Waals surface area (Å²) in [5.74, 6) is -0.237. The van der Waals surface area contributed by atoms with Gasteiger partial charge in [-0.3, -0.25) is 0 Å². The zero-order chi connectivity index (χ0) is 15.9. The molecule has 0 spiro atoms. The number of aryl methyl sites for hydroxylation is 1. The van der Waals surface area contributed by atoms with E-state index >= 15 is 0 Å². The number of carbonyl (C=O) groups is 1. The molecule has 0 aromatic carbocycles. The van der Waals surface area contributed by atoms with Gasteiger partial charge in [0.25, 0.3) is 0 Å². The molecule has 0 aromatic heterocycles. The number of carbonyl (C=O) groups excluding carboxylic acids is 1. The second-order valence-corrected chi connectivity index (χ2v) is 6.05. The number of hydrogen-bond donors (Lipinski definition) is 1. The van der Waals surface area contributed by atoms with Gasteiger partial charge in [-0.05, 0) is 54.7 Å². The molecule has 0 aliphatic heterocycles. The van der Waals surface area contributed by atoms with Crippen molar-refractivity contribution in [1.29, 1.82) is 0 Å². The molecule has 0 saturated heterocycles. The van der Waals surface area contributed by atoms with E-state index in [9.17, 15) is 4.79 Å². The van der Waals surface area contributed by atoms with Crippen molar-refractivity contribution >= 4 is 18.6 Å². The standard InChI is InChI=1S/C19H24O2S/c1-3-5-6-7-9-14-12-18(19(20)21-4-2)16-11-8-10-15(22)13-17(14)16/h8,10-13,22H,3-7,9H2,1-2H3. The molecule has 0 N–H and O–H groups in total. The van der Waals surface area contributed by atoms with E-state index in [1.807, 2.05) is 31.2 Å². The summed E-state index contributed by atoms with van der Waals surface area (Å²) in [6.45, 7) is 4.44. The fourth-order valence-corrected chi connectivity index (χ4v) is 2.98. The van der Waals surface area contributed by atoms with Crippen molar-refractivity contribution in [2.45, 2.75) is 50.8 Å². The number of hydrogen-bond acceptors (Lipinski definition) is 3. The zero-order valence-corrected chi connectivity index (χ0v) is 14.3. The third-order valence-electron chi connectivity index (χ3n) is 3.86. The second kappa shape index (κ2) is 8.23. The normalized spacial score (nSPS) is 10.9. The molecule has 118 valence electrons. The molecule has 0 aromatic rings. The number of ether oxygens (including phenoxy) is 1. The molecule has 0 bridgehead atoms. The van der Waals surface area contributed by atoms with Gasteiger partial charge in [0.05, 0.1) is 12.2 Å². The number of thiol groups is 1. The summed E-state index contributed by atoms with van der Waals surface area (Å²) in [6.07, 6.45) is 5.86. The molecule has 0 amide bonds. The number of fused-ring (bicyclic) bond motifs is 1. The first-order valence-corrected chi connectivity index (χ1v) is 8.53. The van der Waals surface area contributed by atoms with E-state index in [4.69, 9.17) is 4.74 Å². The highest BCUT2D eigenvalue weighted by Crippen LogP contribution is 2.34. The van der Waals surface area contributed by atoms with Crippen LogP contribution in [0.2, 0.25) is 0 Å². The first-order chi connectivity index (χ1) is 10.7. The van der Waals surface area contributed by atoms with Gasteiger partial charge in [-0.1, -0.05) is 38.3 Å². The molecule has 0 saturated carbocycles. The minimum absolute atomic E-state index is 0.237. The third-order valence-corrected chi connectivity index (χ3v) is 4.14. The van der Waals surface area contributed by atoms with Crippen molar-refractivity contribution in [3.63, 3.8) is 0 Å². The van der Waals surface area contributed by atoms with Crippen molar-refractivity contribution < 1.29 is 9.53 Å². The molecular formula is C19H24O2S. The third kappa shape index (κ3) is 4.04. The Hall–Kier alpha value is -1.48. The molecule has 2 aliphatic carbocycles. The van der Waals surface area contributed by atoms with Crippen LogP contribution in [0.3, 0.4) is 0 Å². The van der Waals surface area contributed by atoms with Gasteiger partial charge >= 0.3 is 5.97 Å². The average Bonchev–Trinajstić information content (AvgIpc) is 2.70. The van der Waals surface area contributed by atoms with Crippen LogP contribution in [0.15, 0.2) is 35.2 Å². The van der Waals surface area contributed by atoms with E-state index in [2.05, 4.69) is 25.6 Å². The number of rotatable bonds is 7. The monoisotopic (exact) mass is 316 g/mol. The van der Waals surface area contributed by atoms with Gasteiger partial charge in [-0.2, -0.15) is 0 Å². The summed E-state index contributed by atoms with van der Waals surface area (Å²) in [6, 6.07) is 9.92. The Balaban J connectivity index is 2.34. The Morgan fingerprint density at radius 1 is 1.09 bits per heavy atom. The van der Waals surface area contributed by atoms with E-state index in [-0.39, 0.29) is 5.97 Å². The van der Waals surface area contributed by atoms with Gasteiger partial charge in [0.15, 0.2) is 0 Å². The lowest BCUT2D eigenvalue weighted by Crippen LogP contribution is -2.03. The van der Waals surface area contributed by atoms with Crippen molar-refractivity contribution in [1.82, 2.24) is 0 Å². The van der Waals surface area contributed by atoms with Crippen molar-refractivity contribution in [3.8, 4) is 11.1 Å². The molecule has 0 fully saturated rings. The highest BCUT2D eigenvalue weighted by molar-refractivity contribution is 7.80. The van der Waals surface area contributed by atoms with Crippen LogP contribution >= 0.6 is 12.6 Å². The van der Waals surface area contributed by atoms with Crippen LogP contribution in [0.25, 0.3) is 11.1 Å². The van der Waals surface area contributed by atoms with Gasteiger partial charge in [0.1, 0.15) is 0 Å². The first-order valence-electron chi connectivity index (χ1n) is 8.09. The van der Waals surface area contributed by atoms with E-state index in [0.29, 0.717) is 12.2 Å². The summed E-state index contributed by atoms with van der Waals surface area (Å²) >= 11 is 4.47. The molecule has 2 aliphatic rings. The highest BCUT2D eigenvalue weighted by Gasteiger charge is 2.20. The quantitative estimate of drug-likeness (QED) is 0.422. The van der Waals surface area contributed by atoms with Crippen LogP contribution in [-0.4, -0.2) is 12.6 Å². The van der Waals surface area contributed by atoms with Crippen LogP contribution in [0.4, 0.5) is 0 Å². The lowest BCUT2D eigenvalue weighted by molar-refractivity contribution is 0.0527. The molecule has 2 rings (SSSR count). The minimum atomic E-state index is -0.237. The van der Waals surface area contributed by atoms with E-state index in [0.717, 1.165) is 28.9 Å². The maximum atomic E-state index is 12.2. The summed E-state index contributed by atoms with van der Waals surface area (Å²) in [4.78, 5) is 13.1. The molecule has 2 nitrogen and oxygen atoms in total. The zero-order valence-electron chi connectivity index (χ0n) is 13.4. The molecule has 0 heterocycles. The van der Waals surface area contributed by atoms with Gasteiger partial charge < -0.3 is 4.74 Å². The SMILES string of the molecule is CCCCCCc1cc(C(=O)OCC)c2cccc(S)cc1-2. The van der Waals surface area contributed by atoms with Crippen LogP contribution in [0.1, 0.15) is 55.5 Å². The Labute approximate surface area is 138 Å². The Morgan fingerprint density at radius 3 is 2.64 bits per heavy atom. The maximum absolute atomic E-state index is 12.2. The van der Waals surface area contributed by atoms with Gasteiger partial charge in [-0.25, -0.2) is 4.79 Å². The van der Waals surface area contributed by atoms with Gasteiger partial charge in [0, 0.05) is 4.90 Å². The van der Waals surface area contributed by atoms with Crippen LogP contribution in [-0.2, 0) is 11.2 Å². The van der Waals surface area contributed by atoms with Crippen molar-refractivity contribution in [3.05, 3.63) is 41.5 Å². The van der Waals surface area contributed by atoms with Crippen LogP contribution < -0.4 is 0 Å². The fraction of sp³-hybridized carbons (Fsp3) is 0.421. The Kier molecular flexibility index (Phi) is 6.32. The lowest BCUT2D eigenvalue weighted by Gasteiger charge is -2.03. The Morgan fingerprint density at radius 2 is 1.91 bits per heavy atom. The van der Waals surface area contributed by atoms with Gasteiger partial charge in [0.2, 0.25) is 0 Å². The number of esters is 1. The summed E-state index contributed by atoms with van der Waals surface area (Å²) in [7, 11) is 0. The van der Waals surface area contributed by atoms with Crippen molar-refractivity contribution in [2.24, 2.45) is 0 Å². The Bertz CT molecular complexity index is 607. The average molecular weight is 316 g/mol. The van der Waals surface area contributed by atoms with E-state index < -0.39 is 0 Å². The first kappa shape index (κ1) is 16.9. The summed E-state index contributed by atoms with van der Waals surface area (Å²) in [5, 5.41) is 0. The second-order valence-electron chi connectivity index (χ2n) is 5.54. The predicted molar refractivity (Wildman–Crippen MR) is 94.1 cm³/mol.